The summed E-state index contributed by atoms with van der Waals surface area (Å²) in [7, 11) is -3.61. The maximum Gasteiger partial charge on any atom is 0.252 e. The average Bonchev–Trinajstić information content (AvgIpc) is 2.73. The molecular formula is C20H30ClN3O3S2. The van der Waals surface area contributed by atoms with E-state index in [2.05, 4.69) is 17.1 Å². The number of amides is 1. The molecule has 6 nitrogen and oxygen atoms in total. The Kier molecular flexibility index (Phi) is 8.27. The molecule has 2 aliphatic rings. The van der Waals surface area contributed by atoms with E-state index in [1.807, 2.05) is 0 Å². The number of hydrogen-bond donors (Lipinski definition) is 1. The van der Waals surface area contributed by atoms with E-state index in [4.69, 9.17) is 11.6 Å². The van der Waals surface area contributed by atoms with Crippen LogP contribution < -0.4 is 5.32 Å². The third kappa shape index (κ3) is 5.88. The Hall–Kier alpha value is -0.800. The SMILES string of the molecule is C[C@@H]1CCCCN1CCCNC(=O)c1cc(S(=O)(=O)N2CCSCC2)ccc1Cl. The smallest absolute Gasteiger partial charge is 0.252 e. The molecular weight excluding hydrogens is 430 g/mol. The van der Waals surface area contributed by atoms with Crippen molar-refractivity contribution in [2.24, 2.45) is 0 Å². The summed E-state index contributed by atoms with van der Waals surface area (Å²) in [6.07, 6.45) is 4.63. The van der Waals surface area contributed by atoms with Crippen LogP contribution in [0.4, 0.5) is 0 Å². The summed E-state index contributed by atoms with van der Waals surface area (Å²) < 4.78 is 27.2. The molecule has 1 N–H and O–H groups in total. The molecule has 0 unspecified atom stereocenters. The number of thioether (sulfide) groups is 1. The van der Waals surface area contributed by atoms with Gasteiger partial charge in [-0.05, 0) is 50.9 Å². The van der Waals surface area contributed by atoms with E-state index in [0.29, 0.717) is 25.7 Å². The van der Waals surface area contributed by atoms with Gasteiger partial charge in [-0.3, -0.25) is 4.79 Å². The number of nitrogens with one attached hydrogen (secondary N) is 1. The molecule has 2 saturated heterocycles. The molecule has 1 aromatic rings. The fraction of sp³-hybridized carbons (Fsp3) is 0.650. The second kappa shape index (κ2) is 10.5. The topological polar surface area (TPSA) is 69.7 Å². The molecule has 2 fully saturated rings. The van der Waals surface area contributed by atoms with Crippen LogP contribution in [0.15, 0.2) is 23.1 Å². The minimum Gasteiger partial charge on any atom is -0.352 e. The van der Waals surface area contributed by atoms with E-state index >= 15 is 0 Å². The number of likely N-dealkylation sites (tertiary alicyclic amines) is 1. The first-order valence-corrected chi connectivity index (χ1v) is 13.3. The third-order valence-electron chi connectivity index (χ3n) is 5.64. The summed E-state index contributed by atoms with van der Waals surface area (Å²) in [4.78, 5) is 15.2. The van der Waals surface area contributed by atoms with Gasteiger partial charge >= 0.3 is 0 Å². The summed E-state index contributed by atoms with van der Waals surface area (Å²) in [5.74, 6) is 1.25. The number of hydrogen-bond acceptors (Lipinski definition) is 5. The minimum absolute atomic E-state index is 0.126. The Balaban J connectivity index is 1.59. The highest BCUT2D eigenvalue weighted by atomic mass is 35.5. The maximum atomic E-state index is 12.9. The van der Waals surface area contributed by atoms with Gasteiger partial charge in [-0.15, -0.1) is 0 Å². The van der Waals surface area contributed by atoms with Crippen LogP contribution in [-0.2, 0) is 10.0 Å². The molecule has 0 aliphatic carbocycles. The van der Waals surface area contributed by atoms with Crippen molar-refractivity contribution in [2.45, 2.75) is 43.5 Å². The van der Waals surface area contributed by atoms with Crippen molar-refractivity contribution in [3.8, 4) is 0 Å². The third-order valence-corrected chi connectivity index (χ3v) is 8.81. The number of sulfonamides is 1. The number of halogens is 1. The highest BCUT2D eigenvalue weighted by molar-refractivity contribution is 7.99. The summed E-state index contributed by atoms with van der Waals surface area (Å²) in [5, 5.41) is 3.15. The molecule has 1 atom stereocenters. The quantitative estimate of drug-likeness (QED) is 0.634. The molecule has 3 rings (SSSR count). The van der Waals surface area contributed by atoms with Crippen molar-refractivity contribution in [2.75, 3.05) is 44.2 Å². The largest absolute Gasteiger partial charge is 0.352 e. The van der Waals surface area contributed by atoms with Gasteiger partial charge in [-0.2, -0.15) is 16.1 Å². The maximum absolute atomic E-state index is 12.9. The van der Waals surface area contributed by atoms with Crippen LogP contribution in [0.25, 0.3) is 0 Å². The second-order valence-electron chi connectivity index (χ2n) is 7.65. The molecule has 2 heterocycles. The van der Waals surface area contributed by atoms with Crippen LogP contribution in [0.5, 0.6) is 0 Å². The molecule has 9 heteroatoms. The van der Waals surface area contributed by atoms with Gasteiger partial charge in [0, 0.05) is 43.7 Å². The Morgan fingerprint density at radius 3 is 2.72 bits per heavy atom. The lowest BCUT2D eigenvalue weighted by atomic mass is 10.0. The zero-order valence-corrected chi connectivity index (χ0v) is 19.3. The van der Waals surface area contributed by atoms with Crippen molar-refractivity contribution in [3.63, 3.8) is 0 Å². The number of piperidine rings is 1. The van der Waals surface area contributed by atoms with Gasteiger partial charge in [-0.25, -0.2) is 8.42 Å². The lowest BCUT2D eigenvalue weighted by Crippen LogP contribution is -2.39. The Labute approximate surface area is 183 Å². The predicted molar refractivity (Wildman–Crippen MR) is 119 cm³/mol. The van der Waals surface area contributed by atoms with Crippen LogP contribution in [0.3, 0.4) is 0 Å². The van der Waals surface area contributed by atoms with E-state index < -0.39 is 10.0 Å². The first-order chi connectivity index (χ1) is 13.9. The Morgan fingerprint density at radius 2 is 2.00 bits per heavy atom. The van der Waals surface area contributed by atoms with Crippen LogP contribution in [0.1, 0.15) is 43.0 Å². The van der Waals surface area contributed by atoms with Crippen molar-refractivity contribution in [1.82, 2.24) is 14.5 Å². The molecule has 0 aromatic heterocycles. The lowest BCUT2D eigenvalue weighted by molar-refractivity contribution is 0.0949. The minimum atomic E-state index is -3.61. The predicted octanol–water partition coefficient (Wildman–Crippen LogP) is 3.07. The van der Waals surface area contributed by atoms with Gasteiger partial charge in [0.15, 0.2) is 0 Å². The summed E-state index contributed by atoms with van der Waals surface area (Å²) in [5.41, 5.74) is 0.213. The fourth-order valence-corrected chi connectivity index (χ4v) is 6.65. The van der Waals surface area contributed by atoms with E-state index in [1.54, 1.807) is 11.8 Å². The van der Waals surface area contributed by atoms with Crippen LogP contribution in [0.2, 0.25) is 5.02 Å². The Morgan fingerprint density at radius 1 is 1.24 bits per heavy atom. The van der Waals surface area contributed by atoms with E-state index in [1.165, 1.54) is 41.8 Å². The Bertz CT molecular complexity index is 813. The van der Waals surface area contributed by atoms with Gasteiger partial charge in [0.1, 0.15) is 0 Å². The summed E-state index contributed by atoms with van der Waals surface area (Å²) in [6, 6.07) is 4.98. The number of benzene rings is 1. The number of rotatable bonds is 7. The first kappa shape index (κ1) is 22.9. The molecule has 1 aromatic carbocycles. The molecule has 1 amide bonds. The van der Waals surface area contributed by atoms with Crippen molar-refractivity contribution in [3.05, 3.63) is 28.8 Å². The molecule has 0 bridgehead atoms. The molecule has 162 valence electrons. The van der Waals surface area contributed by atoms with Gasteiger partial charge in [0.2, 0.25) is 10.0 Å². The molecule has 2 aliphatic heterocycles. The molecule has 29 heavy (non-hydrogen) atoms. The lowest BCUT2D eigenvalue weighted by Gasteiger charge is -2.33. The number of carbonyl (C=O) groups excluding carboxylic acids is 1. The molecule has 0 spiro atoms. The number of nitrogens with zero attached hydrogens (tertiary/aromatic N) is 2. The van der Waals surface area contributed by atoms with Gasteiger partial charge in [-0.1, -0.05) is 18.0 Å². The van der Waals surface area contributed by atoms with Crippen LogP contribution >= 0.6 is 23.4 Å². The highest BCUT2D eigenvalue weighted by Gasteiger charge is 2.27. The van der Waals surface area contributed by atoms with Crippen LogP contribution in [0, 0.1) is 0 Å². The monoisotopic (exact) mass is 459 g/mol. The summed E-state index contributed by atoms with van der Waals surface area (Å²) >= 11 is 7.95. The van der Waals surface area contributed by atoms with Crippen molar-refractivity contribution < 1.29 is 13.2 Å². The molecule has 0 saturated carbocycles. The average molecular weight is 460 g/mol. The van der Waals surface area contributed by atoms with E-state index in [0.717, 1.165) is 31.0 Å². The van der Waals surface area contributed by atoms with Crippen molar-refractivity contribution >= 4 is 39.3 Å². The fourth-order valence-electron chi connectivity index (χ4n) is 3.84. The van der Waals surface area contributed by atoms with Gasteiger partial charge in [0.05, 0.1) is 15.5 Å². The molecule has 0 radical (unpaired) electrons. The second-order valence-corrected chi connectivity index (χ2v) is 11.2. The highest BCUT2D eigenvalue weighted by Crippen LogP contribution is 2.25. The zero-order chi connectivity index (χ0) is 20.9. The van der Waals surface area contributed by atoms with E-state index in [-0.39, 0.29) is 21.4 Å². The van der Waals surface area contributed by atoms with Crippen molar-refractivity contribution in [1.29, 1.82) is 0 Å². The van der Waals surface area contributed by atoms with Gasteiger partial charge < -0.3 is 10.2 Å². The normalized spacial score (nSPS) is 21.8. The van der Waals surface area contributed by atoms with Crippen LogP contribution in [-0.4, -0.2) is 73.8 Å². The summed E-state index contributed by atoms with van der Waals surface area (Å²) in [6.45, 7) is 5.85. The first-order valence-electron chi connectivity index (χ1n) is 10.3. The standard InChI is InChI=1S/C20H30ClN3O3S2/c1-16-5-2-3-9-23(16)10-4-8-22-20(25)18-15-17(6-7-19(18)21)29(26,27)24-11-13-28-14-12-24/h6-7,15-16H,2-5,8-14H2,1H3,(H,22,25)/t16-/m1/s1. The number of carbonyl (C=O) groups is 1. The van der Waals surface area contributed by atoms with E-state index in [9.17, 15) is 13.2 Å². The zero-order valence-electron chi connectivity index (χ0n) is 16.9. The van der Waals surface area contributed by atoms with Gasteiger partial charge in [0.25, 0.3) is 5.91 Å².